The summed E-state index contributed by atoms with van der Waals surface area (Å²) in [5.41, 5.74) is 1.73. The molecule has 0 bridgehead atoms. The second-order valence-corrected chi connectivity index (χ2v) is 6.91. The van der Waals surface area contributed by atoms with Crippen molar-refractivity contribution >= 4 is 17.6 Å². The minimum Gasteiger partial charge on any atom is -0.496 e. The molecule has 1 heterocycles. The summed E-state index contributed by atoms with van der Waals surface area (Å²) in [7, 11) is 4.73. The molecule has 8 nitrogen and oxygen atoms in total. The van der Waals surface area contributed by atoms with Crippen LogP contribution in [0.1, 0.15) is 12.0 Å². The van der Waals surface area contributed by atoms with E-state index in [4.69, 9.17) is 14.2 Å². The van der Waals surface area contributed by atoms with Gasteiger partial charge >= 0.3 is 6.03 Å². The van der Waals surface area contributed by atoms with E-state index < -0.39 is 0 Å². The number of benzene rings is 2. The lowest BCUT2D eigenvalue weighted by Gasteiger charge is -2.19. The first kappa shape index (κ1) is 21.3. The van der Waals surface area contributed by atoms with E-state index in [0.717, 1.165) is 11.3 Å². The molecule has 3 amide bonds. The normalized spacial score (nSPS) is 15.6. The van der Waals surface area contributed by atoms with E-state index in [1.54, 1.807) is 44.4 Å². The molecule has 8 heteroatoms. The molecule has 3 rings (SSSR count). The maximum absolute atomic E-state index is 12.5. The van der Waals surface area contributed by atoms with Crippen LogP contribution in [0.2, 0.25) is 0 Å². The van der Waals surface area contributed by atoms with Crippen LogP contribution in [-0.4, -0.2) is 52.4 Å². The number of amides is 3. The Labute approximate surface area is 176 Å². The molecule has 30 heavy (non-hydrogen) atoms. The Balaban J connectivity index is 1.52. The highest BCUT2D eigenvalue weighted by Crippen LogP contribution is 2.33. The van der Waals surface area contributed by atoms with Gasteiger partial charge in [-0.15, -0.1) is 0 Å². The third-order valence-electron chi connectivity index (χ3n) is 5.01. The van der Waals surface area contributed by atoms with Crippen molar-refractivity contribution in [1.29, 1.82) is 0 Å². The van der Waals surface area contributed by atoms with Crippen molar-refractivity contribution in [2.75, 3.05) is 39.3 Å². The van der Waals surface area contributed by atoms with Gasteiger partial charge in [-0.05, 0) is 30.2 Å². The van der Waals surface area contributed by atoms with Gasteiger partial charge < -0.3 is 29.7 Å². The van der Waals surface area contributed by atoms with E-state index in [1.807, 2.05) is 24.3 Å². The van der Waals surface area contributed by atoms with E-state index in [0.29, 0.717) is 36.7 Å². The first-order valence-electron chi connectivity index (χ1n) is 9.74. The van der Waals surface area contributed by atoms with Crippen molar-refractivity contribution in [2.45, 2.75) is 18.9 Å². The zero-order chi connectivity index (χ0) is 21.5. The zero-order valence-corrected chi connectivity index (χ0v) is 17.4. The number of methoxy groups -OCH3 is 3. The van der Waals surface area contributed by atoms with Crippen LogP contribution in [0, 0.1) is 0 Å². The van der Waals surface area contributed by atoms with Crippen LogP contribution in [-0.2, 0) is 11.2 Å². The third kappa shape index (κ3) is 4.94. The summed E-state index contributed by atoms with van der Waals surface area (Å²) in [6, 6.07) is 12.5. The molecule has 2 N–H and O–H groups in total. The van der Waals surface area contributed by atoms with Crippen molar-refractivity contribution in [3.8, 4) is 17.2 Å². The van der Waals surface area contributed by atoms with Crippen LogP contribution < -0.4 is 29.7 Å². The number of urea groups is 1. The highest BCUT2D eigenvalue weighted by atomic mass is 16.5. The number of hydrogen-bond donors (Lipinski definition) is 2. The number of para-hydroxylation sites is 1. The van der Waals surface area contributed by atoms with Crippen LogP contribution in [0.3, 0.4) is 0 Å². The van der Waals surface area contributed by atoms with E-state index in [2.05, 4.69) is 10.6 Å². The fraction of sp³-hybridized carbons (Fsp3) is 0.364. The number of ether oxygens (including phenoxy) is 3. The Hall–Kier alpha value is -3.42. The number of anilines is 1. The molecular weight excluding hydrogens is 386 g/mol. The Morgan fingerprint density at radius 1 is 1.03 bits per heavy atom. The maximum Gasteiger partial charge on any atom is 0.315 e. The van der Waals surface area contributed by atoms with Gasteiger partial charge in [0.25, 0.3) is 0 Å². The van der Waals surface area contributed by atoms with Crippen LogP contribution in [0.25, 0.3) is 0 Å². The number of nitrogens with zero attached hydrogens (tertiary/aromatic N) is 1. The molecule has 0 spiro atoms. The molecular formula is C22H27N3O5. The SMILES string of the molecule is COc1ccccc1CCNC(=O)N[C@@H]1CC(=O)N(c2ccc(OC)c(OC)c2)C1. The minimum absolute atomic E-state index is 0.0541. The molecule has 160 valence electrons. The zero-order valence-electron chi connectivity index (χ0n) is 17.4. The molecule has 0 aliphatic carbocycles. The Kier molecular flexibility index (Phi) is 7.00. The Morgan fingerprint density at radius 2 is 1.77 bits per heavy atom. The summed E-state index contributed by atoms with van der Waals surface area (Å²) < 4.78 is 15.9. The van der Waals surface area contributed by atoms with Gasteiger partial charge in [-0.1, -0.05) is 18.2 Å². The lowest BCUT2D eigenvalue weighted by Crippen LogP contribution is -2.43. The summed E-state index contributed by atoms with van der Waals surface area (Å²) in [5.74, 6) is 1.89. The molecule has 2 aromatic carbocycles. The highest BCUT2D eigenvalue weighted by molar-refractivity contribution is 5.97. The topological polar surface area (TPSA) is 89.1 Å². The van der Waals surface area contributed by atoms with Crippen molar-refractivity contribution in [3.05, 3.63) is 48.0 Å². The predicted molar refractivity (Wildman–Crippen MR) is 114 cm³/mol. The molecule has 0 aromatic heterocycles. The van der Waals surface area contributed by atoms with Gasteiger partial charge in [0.2, 0.25) is 5.91 Å². The summed E-state index contributed by atoms with van der Waals surface area (Å²) in [4.78, 5) is 26.4. The quantitative estimate of drug-likeness (QED) is 0.694. The summed E-state index contributed by atoms with van der Waals surface area (Å²) in [6.07, 6.45) is 0.896. The summed E-state index contributed by atoms with van der Waals surface area (Å²) in [6.45, 7) is 0.862. The molecule has 0 unspecified atom stereocenters. The second-order valence-electron chi connectivity index (χ2n) is 6.91. The molecule has 1 saturated heterocycles. The van der Waals surface area contributed by atoms with Crippen molar-refractivity contribution < 1.29 is 23.8 Å². The molecule has 1 aliphatic rings. The van der Waals surface area contributed by atoms with E-state index >= 15 is 0 Å². The van der Waals surface area contributed by atoms with E-state index in [9.17, 15) is 9.59 Å². The van der Waals surface area contributed by atoms with Gasteiger partial charge in [0.15, 0.2) is 11.5 Å². The lowest BCUT2D eigenvalue weighted by molar-refractivity contribution is -0.117. The molecule has 2 aromatic rings. The summed E-state index contributed by atoms with van der Waals surface area (Å²) >= 11 is 0. The molecule has 0 saturated carbocycles. The van der Waals surface area contributed by atoms with Gasteiger partial charge in [0.05, 0.1) is 27.4 Å². The molecule has 1 atom stereocenters. The first-order valence-corrected chi connectivity index (χ1v) is 9.74. The van der Waals surface area contributed by atoms with Crippen molar-refractivity contribution in [2.24, 2.45) is 0 Å². The van der Waals surface area contributed by atoms with Gasteiger partial charge in [0, 0.05) is 31.3 Å². The van der Waals surface area contributed by atoms with E-state index in [1.165, 1.54) is 0 Å². The standard InChI is InChI=1S/C22H27N3O5/c1-28-18-7-5-4-6-15(18)10-11-23-22(27)24-16-12-21(26)25(14-16)17-8-9-19(29-2)20(13-17)30-3/h4-9,13,16H,10-12,14H2,1-3H3,(H2,23,24,27)/t16-/m1/s1. The predicted octanol–water partition coefficient (Wildman–Crippen LogP) is 2.36. The number of nitrogens with one attached hydrogen (secondary N) is 2. The average Bonchev–Trinajstić information content (AvgIpc) is 3.13. The van der Waals surface area contributed by atoms with Crippen molar-refractivity contribution in [3.63, 3.8) is 0 Å². The van der Waals surface area contributed by atoms with Gasteiger partial charge in [-0.3, -0.25) is 4.79 Å². The largest absolute Gasteiger partial charge is 0.496 e. The number of rotatable bonds is 8. The molecule has 0 radical (unpaired) electrons. The first-order chi connectivity index (χ1) is 14.5. The minimum atomic E-state index is -0.295. The van der Waals surface area contributed by atoms with Crippen LogP contribution in [0.15, 0.2) is 42.5 Å². The van der Waals surface area contributed by atoms with Gasteiger partial charge in [-0.2, -0.15) is 0 Å². The molecule has 1 fully saturated rings. The molecule has 1 aliphatic heterocycles. The highest BCUT2D eigenvalue weighted by Gasteiger charge is 2.32. The van der Waals surface area contributed by atoms with Gasteiger partial charge in [-0.25, -0.2) is 4.79 Å². The van der Waals surface area contributed by atoms with Crippen LogP contribution >= 0.6 is 0 Å². The third-order valence-corrected chi connectivity index (χ3v) is 5.01. The van der Waals surface area contributed by atoms with Crippen LogP contribution in [0.4, 0.5) is 10.5 Å². The fourth-order valence-corrected chi connectivity index (χ4v) is 3.50. The Morgan fingerprint density at radius 3 is 2.50 bits per heavy atom. The second kappa shape index (κ2) is 9.87. The fourth-order valence-electron chi connectivity index (χ4n) is 3.50. The van der Waals surface area contributed by atoms with E-state index in [-0.39, 0.29) is 24.4 Å². The number of carbonyl (C=O) groups excluding carboxylic acids is 2. The average molecular weight is 413 g/mol. The van der Waals surface area contributed by atoms with Crippen molar-refractivity contribution in [1.82, 2.24) is 10.6 Å². The lowest BCUT2D eigenvalue weighted by atomic mass is 10.1. The number of carbonyl (C=O) groups is 2. The smallest absolute Gasteiger partial charge is 0.315 e. The monoisotopic (exact) mass is 413 g/mol. The van der Waals surface area contributed by atoms with Crippen LogP contribution in [0.5, 0.6) is 17.2 Å². The van der Waals surface area contributed by atoms with Gasteiger partial charge in [0.1, 0.15) is 5.75 Å². The Bertz CT molecular complexity index is 902. The maximum atomic E-state index is 12.5. The summed E-state index contributed by atoms with van der Waals surface area (Å²) in [5, 5.41) is 5.72. The number of hydrogen-bond acceptors (Lipinski definition) is 5.